The van der Waals surface area contributed by atoms with E-state index < -0.39 is 0 Å². The zero-order valence-electron chi connectivity index (χ0n) is 11.0. The van der Waals surface area contributed by atoms with Crippen molar-refractivity contribution in [3.05, 3.63) is 54.1 Å². The molecule has 98 valence electrons. The van der Waals surface area contributed by atoms with E-state index in [1.54, 1.807) is 0 Å². The summed E-state index contributed by atoms with van der Waals surface area (Å²) < 4.78 is 2.10. The molecule has 0 aliphatic heterocycles. The lowest BCUT2D eigenvalue weighted by Crippen LogP contribution is -2.17. The zero-order valence-corrected chi connectivity index (χ0v) is 11.0. The van der Waals surface area contributed by atoms with E-state index in [0.717, 1.165) is 31.5 Å². The third kappa shape index (κ3) is 3.70. The van der Waals surface area contributed by atoms with Crippen molar-refractivity contribution >= 4 is 0 Å². The number of nitrogens with zero attached hydrogens (tertiary/aromatic N) is 2. The van der Waals surface area contributed by atoms with Gasteiger partial charge in [0.15, 0.2) is 0 Å². The highest BCUT2D eigenvalue weighted by Gasteiger charge is 2.11. The Morgan fingerprint density at radius 1 is 1.32 bits per heavy atom. The van der Waals surface area contributed by atoms with E-state index >= 15 is 0 Å². The molecular formula is C16H19N3. The molecule has 0 saturated carbocycles. The maximum Gasteiger partial charge on any atom is 0.0948 e. The molecule has 0 saturated heterocycles. The maximum absolute atomic E-state index is 6.28. The Morgan fingerprint density at radius 2 is 2.11 bits per heavy atom. The van der Waals surface area contributed by atoms with E-state index in [2.05, 4.69) is 27.6 Å². The van der Waals surface area contributed by atoms with Crippen LogP contribution in [-0.4, -0.2) is 9.55 Å². The highest BCUT2D eigenvalue weighted by molar-refractivity contribution is 5.18. The fourth-order valence-electron chi connectivity index (χ4n) is 2.15. The molecule has 0 amide bonds. The van der Waals surface area contributed by atoms with Crippen molar-refractivity contribution in [3.8, 4) is 12.3 Å². The Labute approximate surface area is 114 Å². The quantitative estimate of drug-likeness (QED) is 0.635. The summed E-state index contributed by atoms with van der Waals surface area (Å²) in [6.07, 6.45) is 11.5. The number of hydrogen-bond donors (Lipinski definition) is 1. The third-order valence-corrected chi connectivity index (χ3v) is 3.14. The molecule has 0 radical (unpaired) electrons. The van der Waals surface area contributed by atoms with E-state index in [0.29, 0.717) is 0 Å². The van der Waals surface area contributed by atoms with E-state index in [-0.39, 0.29) is 6.04 Å². The molecule has 0 aliphatic carbocycles. The number of nitrogens with two attached hydrogens (primary N) is 1. The van der Waals surface area contributed by atoms with Crippen LogP contribution in [-0.2, 0) is 13.0 Å². The predicted molar refractivity (Wildman–Crippen MR) is 77.4 cm³/mol. The first-order chi connectivity index (χ1) is 9.31. The lowest BCUT2D eigenvalue weighted by Gasteiger charge is -2.14. The van der Waals surface area contributed by atoms with Crippen molar-refractivity contribution in [2.45, 2.75) is 31.8 Å². The lowest BCUT2D eigenvalue weighted by molar-refractivity contribution is 0.580. The highest BCUT2D eigenvalue weighted by atomic mass is 15.1. The van der Waals surface area contributed by atoms with Crippen LogP contribution >= 0.6 is 0 Å². The summed E-state index contributed by atoms with van der Waals surface area (Å²) >= 11 is 0. The number of aromatic nitrogens is 2. The van der Waals surface area contributed by atoms with Crippen LogP contribution < -0.4 is 5.73 Å². The third-order valence-electron chi connectivity index (χ3n) is 3.14. The van der Waals surface area contributed by atoms with Gasteiger partial charge in [-0.1, -0.05) is 30.3 Å². The van der Waals surface area contributed by atoms with Crippen LogP contribution in [0.3, 0.4) is 0 Å². The van der Waals surface area contributed by atoms with Crippen LogP contribution in [0.2, 0.25) is 0 Å². The van der Waals surface area contributed by atoms with Crippen LogP contribution in [0.5, 0.6) is 0 Å². The fourth-order valence-corrected chi connectivity index (χ4v) is 2.15. The first kappa shape index (κ1) is 13.4. The van der Waals surface area contributed by atoms with Crippen LogP contribution in [0.15, 0.2) is 42.9 Å². The molecular weight excluding hydrogens is 234 g/mol. The predicted octanol–water partition coefficient (Wildman–Crippen LogP) is 2.54. The van der Waals surface area contributed by atoms with Gasteiger partial charge in [0.1, 0.15) is 0 Å². The number of terminal acetylenes is 1. The van der Waals surface area contributed by atoms with Crippen molar-refractivity contribution in [3.63, 3.8) is 0 Å². The minimum atomic E-state index is -0.0317. The maximum atomic E-state index is 6.28. The molecule has 1 atom stereocenters. The van der Waals surface area contributed by atoms with Crippen molar-refractivity contribution in [2.24, 2.45) is 5.73 Å². The van der Waals surface area contributed by atoms with Gasteiger partial charge in [0, 0.05) is 19.2 Å². The second-order valence-corrected chi connectivity index (χ2v) is 4.62. The van der Waals surface area contributed by atoms with Gasteiger partial charge in [-0.25, -0.2) is 4.98 Å². The second kappa shape index (κ2) is 6.77. The number of imidazole rings is 1. The molecule has 2 N–H and O–H groups in total. The Bertz CT molecular complexity index is 537. The van der Waals surface area contributed by atoms with Crippen molar-refractivity contribution in [1.29, 1.82) is 0 Å². The monoisotopic (exact) mass is 253 g/mol. The molecule has 1 heterocycles. The van der Waals surface area contributed by atoms with E-state index in [1.807, 2.05) is 30.7 Å². The number of aryl methyl sites for hydroxylation is 1. The van der Waals surface area contributed by atoms with Crippen molar-refractivity contribution < 1.29 is 0 Å². The fraction of sp³-hybridized carbons (Fsp3) is 0.312. The molecule has 3 nitrogen and oxygen atoms in total. The van der Waals surface area contributed by atoms with E-state index in [1.165, 1.54) is 5.56 Å². The zero-order chi connectivity index (χ0) is 13.5. The number of benzene rings is 1. The minimum absolute atomic E-state index is 0.0317. The summed E-state index contributed by atoms with van der Waals surface area (Å²) in [5, 5.41) is 0. The number of unbranched alkanes of at least 4 members (excludes halogenated alkanes) is 1. The molecule has 1 aromatic heterocycles. The largest absolute Gasteiger partial charge is 0.333 e. The molecule has 0 fully saturated rings. The van der Waals surface area contributed by atoms with Crippen LogP contribution in [0, 0.1) is 12.3 Å². The summed E-state index contributed by atoms with van der Waals surface area (Å²) in [6.45, 7) is 0.877. The number of rotatable bonds is 6. The normalized spacial score (nSPS) is 12.0. The lowest BCUT2D eigenvalue weighted by atomic mass is 10.0. The van der Waals surface area contributed by atoms with Gasteiger partial charge in [0.25, 0.3) is 0 Å². The molecule has 19 heavy (non-hydrogen) atoms. The summed E-state index contributed by atoms with van der Waals surface area (Å²) in [5.74, 6) is 2.65. The molecule has 1 aromatic carbocycles. The van der Waals surface area contributed by atoms with Crippen molar-refractivity contribution in [2.75, 3.05) is 0 Å². The molecule has 2 aromatic rings. The number of hydrogen-bond acceptors (Lipinski definition) is 2. The van der Waals surface area contributed by atoms with Gasteiger partial charge in [0.05, 0.1) is 18.1 Å². The molecule has 3 heteroatoms. The van der Waals surface area contributed by atoms with Gasteiger partial charge in [-0.15, -0.1) is 12.3 Å². The Morgan fingerprint density at radius 3 is 2.84 bits per heavy atom. The smallest absolute Gasteiger partial charge is 0.0948 e. The summed E-state index contributed by atoms with van der Waals surface area (Å²) in [6, 6.07) is 10.2. The highest BCUT2D eigenvalue weighted by Crippen LogP contribution is 2.16. The van der Waals surface area contributed by atoms with Crippen molar-refractivity contribution in [1.82, 2.24) is 9.55 Å². The second-order valence-electron chi connectivity index (χ2n) is 4.62. The molecule has 0 aliphatic rings. The average Bonchev–Trinajstić information content (AvgIpc) is 2.89. The Balaban J connectivity index is 2.01. The Hall–Kier alpha value is -2.05. The first-order valence-electron chi connectivity index (χ1n) is 6.54. The molecule has 0 spiro atoms. The van der Waals surface area contributed by atoms with Gasteiger partial charge < -0.3 is 10.3 Å². The standard InChI is InChI=1S/C16H19N3/c1-2-3-7-10-19-13-18-12-16(19)15(17)11-14-8-5-4-6-9-14/h1,4-6,8-9,12-13,15H,3,7,10-11,17H2/t15-/m1/s1. The molecule has 2 rings (SSSR count). The summed E-state index contributed by atoms with van der Waals surface area (Å²) in [5.41, 5.74) is 8.59. The topological polar surface area (TPSA) is 43.8 Å². The average molecular weight is 253 g/mol. The van der Waals surface area contributed by atoms with Crippen LogP contribution in [0.1, 0.15) is 30.1 Å². The van der Waals surface area contributed by atoms with Gasteiger partial charge in [-0.2, -0.15) is 0 Å². The summed E-state index contributed by atoms with van der Waals surface area (Å²) in [7, 11) is 0. The Kier molecular flexibility index (Phi) is 4.77. The SMILES string of the molecule is C#CCCCn1cncc1[C@H](N)Cc1ccccc1. The molecule has 0 bridgehead atoms. The van der Waals surface area contributed by atoms with Gasteiger partial charge in [0.2, 0.25) is 0 Å². The minimum Gasteiger partial charge on any atom is -0.333 e. The van der Waals surface area contributed by atoms with E-state index in [4.69, 9.17) is 12.2 Å². The van der Waals surface area contributed by atoms with Crippen LogP contribution in [0.25, 0.3) is 0 Å². The van der Waals surface area contributed by atoms with Gasteiger partial charge in [-0.3, -0.25) is 0 Å². The first-order valence-corrected chi connectivity index (χ1v) is 6.54. The van der Waals surface area contributed by atoms with Crippen LogP contribution in [0.4, 0.5) is 0 Å². The van der Waals surface area contributed by atoms with E-state index in [9.17, 15) is 0 Å². The molecule has 0 unspecified atom stereocenters. The summed E-state index contributed by atoms with van der Waals surface area (Å²) in [4.78, 5) is 4.19. The van der Waals surface area contributed by atoms with Gasteiger partial charge >= 0.3 is 0 Å². The van der Waals surface area contributed by atoms with Gasteiger partial charge in [-0.05, 0) is 18.4 Å².